The second kappa shape index (κ2) is 6.39. The van der Waals surface area contributed by atoms with Gasteiger partial charge < -0.3 is 14.5 Å². The summed E-state index contributed by atoms with van der Waals surface area (Å²) in [5, 5.41) is 7.43. The minimum absolute atomic E-state index is 0.0310. The van der Waals surface area contributed by atoms with E-state index in [0.717, 1.165) is 23.4 Å². The van der Waals surface area contributed by atoms with E-state index in [1.807, 2.05) is 25.6 Å². The Morgan fingerprint density at radius 3 is 2.62 bits per heavy atom. The summed E-state index contributed by atoms with van der Waals surface area (Å²) < 4.78 is 13.2. The van der Waals surface area contributed by atoms with Gasteiger partial charge in [-0.15, -0.1) is 0 Å². The van der Waals surface area contributed by atoms with Crippen LogP contribution in [0.2, 0.25) is 0 Å². The van der Waals surface area contributed by atoms with Crippen LogP contribution in [0.25, 0.3) is 0 Å². The molecule has 7 nitrogen and oxygen atoms in total. The van der Waals surface area contributed by atoms with Crippen molar-refractivity contribution in [2.45, 2.75) is 40.2 Å². The van der Waals surface area contributed by atoms with Crippen LogP contribution in [0.15, 0.2) is 4.42 Å². The van der Waals surface area contributed by atoms with Gasteiger partial charge in [-0.2, -0.15) is 5.10 Å². The minimum atomic E-state index is -0.224. The Hall–Kier alpha value is -2.15. The van der Waals surface area contributed by atoms with Gasteiger partial charge in [-0.3, -0.25) is 9.48 Å². The van der Waals surface area contributed by atoms with Gasteiger partial charge >= 0.3 is 0 Å². The van der Waals surface area contributed by atoms with Gasteiger partial charge in [-0.05, 0) is 27.2 Å². The van der Waals surface area contributed by atoms with E-state index in [4.69, 9.17) is 9.15 Å². The molecule has 3 rings (SSSR count). The van der Waals surface area contributed by atoms with Crippen LogP contribution in [-0.2, 0) is 11.8 Å². The number of hydrogen-bond acceptors (Lipinski definition) is 5. The zero-order valence-electron chi connectivity index (χ0n) is 14.8. The largest absolute Gasteiger partial charge is 0.436 e. The van der Waals surface area contributed by atoms with Gasteiger partial charge in [-0.25, -0.2) is 4.98 Å². The van der Waals surface area contributed by atoms with E-state index in [1.165, 1.54) is 0 Å². The maximum Gasteiger partial charge on any atom is 0.289 e. The normalized spacial score (nSPS) is 20.5. The second-order valence-electron chi connectivity index (χ2n) is 6.41. The lowest BCUT2D eigenvalue weighted by atomic mass is 9.94. The Morgan fingerprint density at radius 2 is 2.04 bits per heavy atom. The molecule has 24 heavy (non-hydrogen) atoms. The first kappa shape index (κ1) is 16.7. The SMILES string of the molecule is Cc1nc(C)c(C(=O)NC[C@H]2CCO[C@@H]2c2c(C)nn(C)c2C)o1. The molecule has 0 radical (unpaired) electrons. The van der Waals surface area contributed by atoms with Gasteiger partial charge in [-0.1, -0.05) is 0 Å². The van der Waals surface area contributed by atoms with Crippen molar-refractivity contribution in [3.63, 3.8) is 0 Å². The molecule has 2 aromatic heterocycles. The highest BCUT2D eigenvalue weighted by atomic mass is 16.5. The summed E-state index contributed by atoms with van der Waals surface area (Å²) in [6, 6.07) is 0. The van der Waals surface area contributed by atoms with Crippen molar-refractivity contribution < 1.29 is 13.9 Å². The average Bonchev–Trinajstić information content (AvgIpc) is 3.16. The molecule has 1 aliphatic heterocycles. The molecular formula is C17H24N4O3. The fourth-order valence-corrected chi connectivity index (χ4v) is 3.41. The first-order chi connectivity index (χ1) is 11.4. The maximum absolute atomic E-state index is 12.3. The van der Waals surface area contributed by atoms with E-state index in [9.17, 15) is 4.79 Å². The van der Waals surface area contributed by atoms with Crippen molar-refractivity contribution in [3.8, 4) is 0 Å². The van der Waals surface area contributed by atoms with Crippen LogP contribution in [0.3, 0.4) is 0 Å². The number of aromatic nitrogens is 3. The highest BCUT2D eigenvalue weighted by molar-refractivity contribution is 5.92. The van der Waals surface area contributed by atoms with Crippen LogP contribution in [-0.4, -0.2) is 33.8 Å². The number of carbonyl (C=O) groups excluding carboxylic acids is 1. The molecule has 3 heterocycles. The molecule has 1 amide bonds. The fourth-order valence-electron chi connectivity index (χ4n) is 3.41. The molecule has 0 aromatic carbocycles. The number of rotatable bonds is 4. The molecule has 1 fully saturated rings. The number of carbonyl (C=O) groups is 1. The summed E-state index contributed by atoms with van der Waals surface area (Å²) in [5.74, 6) is 0.788. The van der Waals surface area contributed by atoms with Gasteiger partial charge in [0.15, 0.2) is 5.89 Å². The quantitative estimate of drug-likeness (QED) is 0.927. The Bertz CT molecular complexity index is 762. The Morgan fingerprint density at radius 1 is 1.29 bits per heavy atom. The first-order valence-corrected chi connectivity index (χ1v) is 8.22. The van der Waals surface area contributed by atoms with Crippen molar-refractivity contribution in [2.24, 2.45) is 13.0 Å². The Balaban J connectivity index is 1.70. The molecule has 1 saturated heterocycles. The third-order valence-corrected chi connectivity index (χ3v) is 4.70. The maximum atomic E-state index is 12.3. The zero-order valence-corrected chi connectivity index (χ0v) is 14.8. The number of ether oxygens (including phenoxy) is 1. The van der Waals surface area contributed by atoms with Gasteiger partial charge in [0.2, 0.25) is 5.76 Å². The molecule has 7 heteroatoms. The van der Waals surface area contributed by atoms with Crippen molar-refractivity contribution in [2.75, 3.05) is 13.2 Å². The van der Waals surface area contributed by atoms with Crippen molar-refractivity contribution >= 4 is 5.91 Å². The summed E-state index contributed by atoms with van der Waals surface area (Å²) in [7, 11) is 1.94. The average molecular weight is 332 g/mol. The number of oxazole rings is 1. The molecule has 1 aliphatic rings. The van der Waals surface area contributed by atoms with Crippen molar-refractivity contribution in [1.82, 2.24) is 20.1 Å². The van der Waals surface area contributed by atoms with Crippen LogP contribution in [0, 0.1) is 33.6 Å². The molecule has 1 N–H and O–H groups in total. The standard InChI is InChI=1S/C17H24N4O3/c1-9-14(11(3)21(5)20-9)16-13(6-7-23-16)8-18-17(22)15-10(2)19-12(4)24-15/h13,16H,6-8H2,1-5H3,(H,18,22)/t13-,16+/m1/s1. The molecule has 2 aromatic rings. The lowest BCUT2D eigenvalue weighted by Gasteiger charge is -2.19. The smallest absolute Gasteiger partial charge is 0.289 e. The van der Waals surface area contributed by atoms with Crippen molar-refractivity contribution in [1.29, 1.82) is 0 Å². The number of nitrogens with one attached hydrogen (secondary N) is 1. The molecule has 0 aliphatic carbocycles. The summed E-state index contributed by atoms with van der Waals surface area (Å²) in [4.78, 5) is 16.5. The minimum Gasteiger partial charge on any atom is -0.436 e. The predicted molar refractivity (Wildman–Crippen MR) is 87.8 cm³/mol. The van der Waals surface area contributed by atoms with Gasteiger partial charge in [0.25, 0.3) is 5.91 Å². The molecule has 0 unspecified atom stereocenters. The molecule has 0 saturated carbocycles. The van der Waals surface area contributed by atoms with Crippen molar-refractivity contribution in [3.05, 3.63) is 34.3 Å². The zero-order chi connectivity index (χ0) is 17.4. The number of nitrogens with zero attached hydrogens (tertiary/aromatic N) is 3. The lowest BCUT2D eigenvalue weighted by molar-refractivity contribution is 0.0826. The van der Waals surface area contributed by atoms with Crippen LogP contribution in [0.1, 0.15) is 51.6 Å². The van der Waals surface area contributed by atoms with Crippen LogP contribution in [0.5, 0.6) is 0 Å². The summed E-state index contributed by atoms with van der Waals surface area (Å²) in [5.41, 5.74) is 3.85. The first-order valence-electron chi connectivity index (χ1n) is 8.22. The molecule has 0 spiro atoms. The van der Waals surface area contributed by atoms with E-state index >= 15 is 0 Å². The van der Waals surface area contributed by atoms with E-state index in [1.54, 1.807) is 13.8 Å². The second-order valence-corrected chi connectivity index (χ2v) is 6.41. The van der Waals surface area contributed by atoms with E-state index in [0.29, 0.717) is 24.7 Å². The third-order valence-electron chi connectivity index (χ3n) is 4.70. The molecule has 0 bridgehead atoms. The van der Waals surface area contributed by atoms with Crippen LogP contribution < -0.4 is 5.32 Å². The molecule has 130 valence electrons. The molecule has 2 atom stereocenters. The topological polar surface area (TPSA) is 82.2 Å². The summed E-state index contributed by atoms with van der Waals surface area (Å²) in [6.07, 6.45) is 0.879. The predicted octanol–water partition coefficient (Wildman–Crippen LogP) is 2.15. The van der Waals surface area contributed by atoms with Gasteiger partial charge in [0.05, 0.1) is 17.5 Å². The number of hydrogen-bond donors (Lipinski definition) is 1. The molecular weight excluding hydrogens is 308 g/mol. The summed E-state index contributed by atoms with van der Waals surface area (Å²) in [6.45, 7) is 8.79. The fraction of sp³-hybridized carbons (Fsp3) is 0.588. The van der Waals surface area contributed by atoms with Crippen LogP contribution >= 0.6 is 0 Å². The number of aryl methyl sites for hydroxylation is 4. The van der Waals surface area contributed by atoms with Gasteiger partial charge in [0, 0.05) is 44.3 Å². The van der Waals surface area contributed by atoms with Crippen LogP contribution in [0.4, 0.5) is 0 Å². The highest BCUT2D eigenvalue weighted by Crippen LogP contribution is 2.37. The van der Waals surface area contributed by atoms with E-state index in [-0.39, 0.29) is 23.7 Å². The third kappa shape index (κ3) is 2.96. The number of amides is 1. The Labute approximate surface area is 141 Å². The highest BCUT2D eigenvalue weighted by Gasteiger charge is 2.34. The van der Waals surface area contributed by atoms with E-state index in [2.05, 4.69) is 15.4 Å². The Kier molecular flexibility index (Phi) is 4.45. The lowest BCUT2D eigenvalue weighted by Crippen LogP contribution is -2.31. The monoisotopic (exact) mass is 332 g/mol. The summed E-state index contributed by atoms with van der Waals surface area (Å²) >= 11 is 0. The van der Waals surface area contributed by atoms with E-state index < -0.39 is 0 Å². The van der Waals surface area contributed by atoms with Gasteiger partial charge in [0.1, 0.15) is 0 Å².